The van der Waals surface area contributed by atoms with Crippen LogP contribution in [0, 0.1) is 5.82 Å². The molecule has 0 radical (unpaired) electrons. The number of rotatable bonds is 3. The summed E-state index contributed by atoms with van der Waals surface area (Å²) >= 11 is 0. The van der Waals surface area contributed by atoms with Crippen LogP contribution in [0.2, 0.25) is 0 Å². The van der Waals surface area contributed by atoms with Gasteiger partial charge in [0.15, 0.2) is 11.6 Å². The van der Waals surface area contributed by atoms with Gasteiger partial charge in [0, 0.05) is 24.7 Å². The minimum Gasteiger partial charge on any atom is -0.494 e. The summed E-state index contributed by atoms with van der Waals surface area (Å²) in [6.45, 7) is 6.54. The number of hydrogen-bond donors (Lipinski definition) is 1. The van der Waals surface area contributed by atoms with Crippen molar-refractivity contribution in [1.82, 2.24) is 10.2 Å². The molecule has 1 atom stereocenters. The molecular formula is C22H30FN4O4+. The number of hydrogen-bond acceptors (Lipinski definition) is 5. The minimum absolute atomic E-state index is 0.0505. The third kappa shape index (κ3) is 5.41. The van der Waals surface area contributed by atoms with Crippen LogP contribution >= 0.6 is 0 Å². The van der Waals surface area contributed by atoms with E-state index in [1.165, 1.54) is 25.6 Å². The molecule has 0 aromatic heterocycles. The van der Waals surface area contributed by atoms with E-state index in [1.54, 1.807) is 24.2 Å². The fourth-order valence-corrected chi connectivity index (χ4v) is 3.44. The van der Waals surface area contributed by atoms with Crippen LogP contribution in [0.15, 0.2) is 29.4 Å². The number of carbonyl (C=O) groups excluding carboxylic acids is 2. The number of benzene rings is 1. The normalized spacial score (nSPS) is 21.6. The molecule has 0 bridgehead atoms. The van der Waals surface area contributed by atoms with E-state index in [-0.39, 0.29) is 28.4 Å². The van der Waals surface area contributed by atoms with Gasteiger partial charge in [0.05, 0.1) is 14.2 Å². The standard InChI is InChI=1S/C22H29FN4O4/c1-22(2,3)31-21(29)26-10-8-16(9-11-26)25-20(28)27(4)13-18(24-14-27)15-6-7-19(30-5)17(23)12-15/h6-7,12-14,16H,8-11H2,1-5H3/p+1. The average molecular weight is 434 g/mol. The van der Waals surface area contributed by atoms with Gasteiger partial charge in [0.1, 0.15) is 17.5 Å². The van der Waals surface area contributed by atoms with Crippen molar-refractivity contribution in [3.05, 3.63) is 35.8 Å². The molecule has 31 heavy (non-hydrogen) atoms. The zero-order chi connectivity index (χ0) is 22.8. The van der Waals surface area contributed by atoms with Gasteiger partial charge in [-0.15, -0.1) is 0 Å². The summed E-state index contributed by atoms with van der Waals surface area (Å²) in [5.74, 6) is -0.336. The van der Waals surface area contributed by atoms with E-state index in [1.807, 2.05) is 20.8 Å². The van der Waals surface area contributed by atoms with E-state index in [9.17, 15) is 14.0 Å². The number of likely N-dealkylation sites (tertiary alicyclic amines) is 1. The first kappa shape index (κ1) is 22.7. The van der Waals surface area contributed by atoms with Crippen molar-refractivity contribution >= 4 is 24.2 Å². The molecule has 9 heteroatoms. The Balaban J connectivity index is 1.58. The second-order valence-corrected chi connectivity index (χ2v) is 8.95. The lowest BCUT2D eigenvalue weighted by molar-refractivity contribution is -0.665. The predicted molar refractivity (Wildman–Crippen MR) is 115 cm³/mol. The Labute approximate surface area is 181 Å². The third-order valence-corrected chi connectivity index (χ3v) is 5.19. The molecule has 2 heterocycles. The van der Waals surface area contributed by atoms with Gasteiger partial charge in [-0.1, -0.05) is 0 Å². The molecule has 2 aliphatic heterocycles. The van der Waals surface area contributed by atoms with Crippen molar-refractivity contribution < 1.29 is 27.9 Å². The maximum absolute atomic E-state index is 14.0. The SMILES string of the molecule is COc1ccc(C2=C[N+](C)(C(=O)NC3CCN(C(=O)OC(C)(C)C)CC3)C=N2)cc1F. The summed E-state index contributed by atoms with van der Waals surface area (Å²) in [6.07, 6.45) is 4.14. The van der Waals surface area contributed by atoms with E-state index in [2.05, 4.69) is 10.3 Å². The van der Waals surface area contributed by atoms with Gasteiger partial charge < -0.3 is 19.7 Å². The number of piperidine rings is 1. The van der Waals surface area contributed by atoms with Crippen molar-refractivity contribution in [1.29, 1.82) is 0 Å². The smallest absolute Gasteiger partial charge is 0.427 e. The van der Waals surface area contributed by atoms with Gasteiger partial charge in [-0.25, -0.2) is 14.0 Å². The van der Waals surface area contributed by atoms with E-state index < -0.39 is 11.4 Å². The first-order valence-electron chi connectivity index (χ1n) is 10.3. The number of amides is 3. The first-order valence-corrected chi connectivity index (χ1v) is 10.3. The second kappa shape index (κ2) is 8.66. The number of quaternary nitrogens is 1. The monoisotopic (exact) mass is 433 g/mol. The van der Waals surface area contributed by atoms with E-state index in [4.69, 9.17) is 9.47 Å². The number of aliphatic imine (C=N–C) groups is 1. The lowest BCUT2D eigenvalue weighted by Gasteiger charge is -2.34. The van der Waals surface area contributed by atoms with Crippen LogP contribution in [-0.2, 0) is 4.74 Å². The summed E-state index contributed by atoms with van der Waals surface area (Å²) in [5.41, 5.74) is 0.543. The highest BCUT2D eigenvalue weighted by Crippen LogP contribution is 2.28. The third-order valence-electron chi connectivity index (χ3n) is 5.19. The van der Waals surface area contributed by atoms with Crippen molar-refractivity contribution in [2.24, 2.45) is 4.99 Å². The van der Waals surface area contributed by atoms with Crippen LogP contribution in [0.5, 0.6) is 5.75 Å². The van der Waals surface area contributed by atoms with Crippen LogP contribution in [-0.4, -0.2) is 66.7 Å². The number of nitrogens with zero attached hydrogens (tertiary/aromatic N) is 3. The number of nitrogens with one attached hydrogen (secondary N) is 1. The van der Waals surface area contributed by atoms with Gasteiger partial charge in [0.2, 0.25) is 6.34 Å². The molecule has 1 aromatic rings. The van der Waals surface area contributed by atoms with Crippen LogP contribution in [0.3, 0.4) is 0 Å². The molecule has 0 spiro atoms. The van der Waals surface area contributed by atoms with Gasteiger partial charge >= 0.3 is 12.1 Å². The van der Waals surface area contributed by atoms with E-state index in [0.29, 0.717) is 37.2 Å². The number of methoxy groups -OCH3 is 1. The molecule has 1 N–H and O–H groups in total. The van der Waals surface area contributed by atoms with Crippen molar-refractivity contribution in [3.63, 3.8) is 0 Å². The van der Waals surface area contributed by atoms with E-state index >= 15 is 0 Å². The van der Waals surface area contributed by atoms with Crippen LogP contribution in [0.1, 0.15) is 39.2 Å². The summed E-state index contributed by atoms with van der Waals surface area (Å²) < 4.78 is 24.2. The first-order chi connectivity index (χ1) is 14.5. The van der Waals surface area contributed by atoms with Crippen molar-refractivity contribution in [2.45, 2.75) is 45.3 Å². The van der Waals surface area contributed by atoms with Crippen LogP contribution in [0.25, 0.3) is 5.70 Å². The molecule has 2 aliphatic rings. The summed E-state index contributed by atoms with van der Waals surface area (Å²) in [7, 11) is 3.11. The summed E-state index contributed by atoms with van der Waals surface area (Å²) in [5, 5.41) is 3.04. The number of halogens is 1. The highest BCUT2D eigenvalue weighted by Gasteiger charge is 2.36. The molecule has 3 rings (SSSR count). The van der Waals surface area contributed by atoms with Gasteiger partial charge in [-0.3, -0.25) is 0 Å². The molecule has 0 saturated carbocycles. The summed E-state index contributed by atoms with van der Waals surface area (Å²) in [4.78, 5) is 31.1. The fraction of sp³-hybridized carbons (Fsp3) is 0.500. The highest BCUT2D eigenvalue weighted by atomic mass is 19.1. The number of ether oxygens (including phenoxy) is 2. The minimum atomic E-state index is -0.535. The molecular weight excluding hydrogens is 403 g/mol. The Kier molecular flexibility index (Phi) is 6.35. The zero-order valence-electron chi connectivity index (χ0n) is 18.6. The maximum atomic E-state index is 14.0. The molecule has 0 aliphatic carbocycles. The summed E-state index contributed by atoms with van der Waals surface area (Å²) in [6, 6.07) is 4.28. The Morgan fingerprint density at radius 1 is 1.26 bits per heavy atom. The molecule has 3 amide bonds. The average Bonchev–Trinajstić information content (AvgIpc) is 3.11. The quantitative estimate of drug-likeness (QED) is 0.737. The lowest BCUT2D eigenvalue weighted by Crippen LogP contribution is -2.54. The molecule has 1 unspecified atom stereocenters. The Hall–Kier alpha value is -2.94. The molecule has 1 aromatic carbocycles. The molecule has 1 fully saturated rings. The topological polar surface area (TPSA) is 80.2 Å². The highest BCUT2D eigenvalue weighted by molar-refractivity contribution is 5.84. The lowest BCUT2D eigenvalue weighted by atomic mass is 10.1. The maximum Gasteiger partial charge on any atom is 0.427 e. The van der Waals surface area contributed by atoms with Gasteiger partial charge in [0.25, 0.3) is 0 Å². The Bertz CT molecular complexity index is 917. The van der Waals surface area contributed by atoms with Crippen LogP contribution in [0.4, 0.5) is 14.0 Å². The predicted octanol–water partition coefficient (Wildman–Crippen LogP) is 3.73. The molecule has 168 valence electrons. The second-order valence-electron chi connectivity index (χ2n) is 8.95. The fourth-order valence-electron chi connectivity index (χ4n) is 3.44. The number of carbonyl (C=O) groups is 2. The Morgan fingerprint density at radius 2 is 1.94 bits per heavy atom. The van der Waals surface area contributed by atoms with E-state index in [0.717, 1.165) is 0 Å². The van der Waals surface area contributed by atoms with Crippen molar-refractivity contribution in [2.75, 3.05) is 27.2 Å². The Morgan fingerprint density at radius 3 is 2.52 bits per heavy atom. The zero-order valence-corrected chi connectivity index (χ0v) is 18.6. The molecule has 8 nitrogen and oxygen atoms in total. The van der Waals surface area contributed by atoms with Gasteiger partial charge in [-0.2, -0.15) is 9.48 Å². The number of urea groups is 1. The largest absolute Gasteiger partial charge is 0.494 e. The van der Waals surface area contributed by atoms with Crippen molar-refractivity contribution in [3.8, 4) is 5.75 Å². The molecule has 1 saturated heterocycles. The van der Waals surface area contributed by atoms with Gasteiger partial charge in [-0.05, 0) is 51.8 Å². The van der Waals surface area contributed by atoms with Crippen LogP contribution < -0.4 is 10.1 Å².